The van der Waals surface area contributed by atoms with Crippen LogP contribution in [0.2, 0.25) is 0 Å². The van der Waals surface area contributed by atoms with Crippen LogP contribution in [-0.2, 0) is 16.4 Å². The predicted molar refractivity (Wildman–Crippen MR) is 80.9 cm³/mol. The topological polar surface area (TPSA) is 85.0 Å². The fourth-order valence-corrected chi connectivity index (χ4v) is 3.77. The standard InChI is InChI=1S/C15H15N3O3S/c1-21-15-5-2-11(8-12(15)6-7-16)13-9-17-18(10-13)22(19,20)14-3-4-14/h2,5,8-10,14H,3-4,6H2,1H3. The Bertz CT molecular complexity index is 845. The van der Waals surface area contributed by atoms with Crippen LogP contribution in [0.1, 0.15) is 18.4 Å². The quantitative estimate of drug-likeness (QED) is 0.841. The molecule has 1 aromatic carbocycles. The van der Waals surface area contributed by atoms with Gasteiger partial charge in [0, 0.05) is 11.1 Å². The molecule has 3 rings (SSSR count). The molecule has 1 aliphatic carbocycles. The summed E-state index contributed by atoms with van der Waals surface area (Å²) >= 11 is 0. The Morgan fingerprint density at radius 1 is 1.41 bits per heavy atom. The summed E-state index contributed by atoms with van der Waals surface area (Å²) < 4.78 is 30.6. The number of nitriles is 1. The molecule has 1 aliphatic rings. The van der Waals surface area contributed by atoms with Gasteiger partial charge >= 0.3 is 0 Å². The number of aromatic nitrogens is 2. The molecule has 0 unspecified atom stereocenters. The van der Waals surface area contributed by atoms with Crippen LogP contribution in [0.4, 0.5) is 0 Å². The van der Waals surface area contributed by atoms with E-state index in [0.717, 1.165) is 15.2 Å². The van der Waals surface area contributed by atoms with Crippen molar-refractivity contribution >= 4 is 10.0 Å². The first-order valence-electron chi connectivity index (χ1n) is 6.89. The Hall–Kier alpha value is -2.33. The summed E-state index contributed by atoms with van der Waals surface area (Å²) in [6.45, 7) is 0. The Morgan fingerprint density at radius 2 is 2.18 bits per heavy atom. The van der Waals surface area contributed by atoms with Crippen LogP contribution in [0.25, 0.3) is 11.1 Å². The molecule has 1 saturated carbocycles. The largest absolute Gasteiger partial charge is 0.496 e. The third kappa shape index (κ3) is 2.57. The van der Waals surface area contributed by atoms with Crippen LogP contribution in [0, 0.1) is 11.3 Å². The molecule has 0 aliphatic heterocycles. The van der Waals surface area contributed by atoms with Gasteiger partial charge in [-0.25, -0.2) is 8.42 Å². The number of nitrogens with zero attached hydrogens (tertiary/aromatic N) is 3. The number of hydrogen-bond donors (Lipinski definition) is 0. The fraction of sp³-hybridized carbons (Fsp3) is 0.333. The van der Waals surface area contributed by atoms with E-state index in [4.69, 9.17) is 10.00 Å². The van der Waals surface area contributed by atoms with E-state index in [-0.39, 0.29) is 11.7 Å². The van der Waals surface area contributed by atoms with Gasteiger partial charge in [0.05, 0.1) is 37.2 Å². The van der Waals surface area contributed by atoms with E-state index in [1.807, 2.05) is 12.1 Å². The van der Waals surface area contributed by atoms with Gasteiger partial charge < -0.3 is 4.74 Å². The number of hydrogen-bond acceptors (Lipinski definition) is 5. The summed E-state index contributed by atoms with van der Waals surface area (Å²) in [7, 11) is -1.81. The molecule has 0 saturated heterocycles. The summed E-state index contributed by atoms with van der Waals surface area (Å²) in [5.74, 6) is 0.642. The molecule has 0 bridgehead atoms. The molecule has 22 heavy (non-hydrogen) atoms. The maximum absolute atomic E-state index is 12.1. The molecule has 2 aromatic rings. The predicted octanol–water partition coefficient (Wildman–Crippen LogP) is 1.97. The van der Waals surface area contributed by atoms with E-state index in [9.17, 15) is 8.42 Å². The second-order valence-electron chi connectivity index (χ2n) is 5.21. The van der Waals surface area contributed by atoms with Crippen molar-refractivity contribution < 1.29 is 13.2 Å². The third-order valence-corrected chi connectivity index (χ3v) is 5.68. The van der Waals surface area contributed by atoms with Crippen molar-refractivity contribution in [1.82, 2.24) is 9.19 Å². The normalized spacial score (nSPS) is 14.5. The molecule has 114 valence electrons. The molecule has 0 radical (unpaired) electrons. The molecule has 0 amide bonds. The summed E-state index contributed by atoms with van der Waals surface area (Å²) in [5, 5.41) is 12.6. The molecule has 0 atom stereocenters. The van der Waals surface area contributed by atoms with Gasteiger partial charge in [0.2, 0.25) is 0 Å². The molecule has 1 heterocycles. The lowest BCUT2D eigenvalue weighted by Gasteiger charge is -2.07. The van der Waals surface area contributed by atoms with Crippen molar-refractivity contribution in [3.8, 4) is 22.9 Å². The second-order valence-corrected chi connectivity index (χ2v) is 7.28. The molecular weight excluding hydrogens is 302 g/mol. The zero-order valence-corrected chi connectivity index (χ0v) is 12.9. The second kappa shape index (κ2) is 5.46. The highest BCUT2D eigenvalue weighted by Gasteiger charge is 2.37. The molecular formula is C15H15N3O3S. The van der Waals surface area contributed by atoms with Crippen molar-refractivity contribution in [2.24, 2.45) is 0 Å². The SMILES string of the molecule is COc1ccc(-c2cnn(S(=O)(=O)C3CC3)c2)cc1CC#N. The monoisotopic (exact) mass is 317 g/mol. The summed E-state index contributed by atoms with van der Waals surface area (Å²) in [4.78, 5) is 0. The van der Waals surface area contributed by atoms with Gasteiger partial charge in [-0.2, -0.15) is 14.4 Å². The number of rotatable bonds is 5. The minimum Gasteiger partial charge on any atom is -0.496 e. The van der Waals surface area contributed by atoms with Gasteiger partial charge in [-0.05, 0) is 30.5 Å². The van der Waals surface area contributed by atoms with Crippen molar-refractivity contribution in [2.45, 2.75) is 24.5 Å². The van der Waals surface area contributed by atoms with Crippen molar-refractivity contribution in [2.75, 3.05) is 7.11 Å². The van der Waals surface area contributed by atoms with Gasteiger partial charge in [0.1, 0.15) is 5.75 Å². The Morgan fingerprint density at radius 3 is 2.82 bits per heavy atom. The lowest BCUT2D eigenvalue weighted by Crippen LogP contribution is -2.17. The van der Waals surface area contributed by atoms with E-state index in [1.54, 1.807) is 13.2 Å². The lowest BCUT2D eigenvalue weighted by molar-refractivity contribution is 0.411. The lowest BCUT2D eigenvalue weighted by atomic mass is 10.0. The third-order valence-electron chi connectivity index (χ3n) is 3.65. The van der Waals surface area contributed by atoms with E-state index in [0.29, 0.717) is 24.2 Å². The van der Waals surface area contributed by atoms with Gasteiger partial charge in [-0.15, -0.1) is 0 Å². The van der Waals surface area contributed by atoms with Crippen LogP contribution < -0.4 is 4.74 Å². The average molecular weight is 317 g/mol. The Labute approximate surface area is 129 Å². The Balaban J connectivity index is 1.97. The van der Waals surface area contributed by atoms with Crippen LogP contribution in [0.5, 0.6) is 5.75 Å². The molecule has 0 spiro atoms. The highest BCUT2D eigenvalue weighted by molar-refractivity contribution is 7.90. The van der Waals surface area contributed by atoms with E-state index >= 15 is 0 Å². The minimum absolute atomic E-state index is 0.228. The fourth-order valence-electron chi connectivity index (χ4n) is 2.29. The minimum atomic E-state index is -3.36. The van der Waals surface area contributed by atoms with Crippen LogP contribution in [0.3, 0.4) is 0 Å². The molecule has 1 aromatic heterocycles. The zero-order chi connectivity index (χ0) is 15.7. The van der Waals surface area contributed by atoms with E-state index in [2.05, 4.69) is 11.2 Å². The summed E-state index contributed by atoms with van der Waals surface area (Å²) in [6, 6.07) is 7.52. The maximum atomic E-state index is 12.1. The van der Waals surface area contributed by atoms with Gasteiger partial charge in [-0.1, -0.05) is 6.07 Å². The van der Waals surface area contributed by atoms with Crippen LogP contribution in [0.15, 0.2) is 30.6 Å². The molecule has 0 N–H and O–H groups in total. The number of methoxy groups -OCH3 is 1. The molecule has 7 heteroatoms. The van der Waals surface area contributed by atoms with Crippen molar-refractivity contribution in [1.29, 1.82) is 5.26 Å². The van der Waals surface area contributed by atoms with E-state index < -0.39 is 10.0 Å². The smallest absolute Gasteiger partial charge is 0.256 e. The van der Waals surface area contributed by atoms with E-state index in [1.165, 1.54) is 12.4 Å². The molecule has 1 fully saturated rings. The summed E-state index contributed by atoms with van der Waals surface area (Å²) in [5.41, 5.74) is 2.27. The first-order chi connectivity index (χ1) is 10.6. The first kappa shape index (κ1) is 14.6. The van der Waals surface area contributed by atoms with Crippen molar-refractivity contribution in [3.63, 3.8) is 0 Å². The zero-order valence-electron chi connectivity index (χ0n) is 12.1. The first-order valence-corrected chi connectivity index (χ1v) is 8.40. The van der Waals surface area contributed by atoms with Crippen LogP contribution >= 0.6 is 0 Å². The maximum Gasteiger partial charge on any atom is 0.256 e. The summed E-state index contributed by atoms with van der Waals surface area (Å²) in [6.07, 6.45) is 4.67. The highest BCUT2D eigenvalue weighted by Crippen LogP contribution is 2.31. The van der Waals surface area contributed by atoms with Gasteiger partial charge in [0.25, 0.3) is 10.0 Å². The Kier molecular flexibility index (Phi) is 3.62. The number of ether oxygens (including phenoxy) is 1. The van der Waals surface area contributed by atoms with Crippen LogP contribution in [-0.4, -0.2) is 30.0 Å². The van der Waals surface area contributed by atoms with Gasteiger partial charge in [0.15, 0.2) is 0 Å². The number of benzene rings is 1. The average Bonchev–Trinajstić information content (AvgIpc) is 3.25. The highest BCUT2D eigenvalue weighted by atomic mass is 32.2. The van der Waals surface area contributed by atoms with Gasteiger partial charge in [-0.3, -0.25) is 0 Å². The molecule has 6 nitrogen and oxygen atoms in total. The van der Waals surface area contributed by atoms with Crippen molar-refractivity contribution in [3.05, 3.63) is 36.2 Å².